The number of aliphatic hydroxyl groups excluding tert-OH is 1. The van der Waals surface area contributed by atoms with Crippen molar-refractivity contribution in [3.05, 3.63) is 11.6 Å². The molecule has 0 aliphatic carbocycles. The van der Waals surface area contributed by atoms with Gasteiger partial charge in [0.25, 0.3) is 0 Å². The highest BCUT2D eigenvalue weighted by atomic mass is 31.2. The van der Waals surface area contributed by atoms with E-state index in [0.29, 0.717) is 13.2 Å². The second-order valence-electron chi connectivity index (χ2n) is 2.10. The first-order chi connectivity index (χ1) is 5.60. The zero-order valence-corrected chi connectivity index (χ0v) is 8.51. The van der Waals surface area contributed by atoms with Gasteiger partial charge in [-0.1, -0.05) is 0 Å². The zero-order valence-electron chi connectivity index (χ0n) is 7.61. The van der Waals surface area contributed by atoms with Gasteiger partial charge in [-0.25, -0.2) is 0 Å². The summed E-state index contributed by atoms with van der Waals surface area (Å²) < 4.78 is 21.5. The zero-order chi connectivity index (χ0) is 9.61. The van der Waals surface area contributed by atoms with Crippen LogP contribution in [-0.2, 0) is 13.6 Å². The Hall–Kier alpha value is -0.310. The second kappa shape index (κ2) is 5.36. The minimum Gasteiger partial charge on any atom is -0.515 e. The smallest absolute Gasteiger partial charge is 0.360 e. The first-order valence-electron chi connectivity index (χ1n) is 3.81. The molecule has 4 nitrogen and oxygen atoms in total. The Labute approximate surface area is 72.7 Å². The van der Waals surface area contributed by atoms with Crippen molar-refractivity contribution >= 4 is 7.60 Å². The van der Waals surface area contributed by atoms with Crippen LogP contribution in [0.3, 0.4) is 0 Å². The molecular formula is C7H15O4P. The van der Waals surface area contributed by atoms with Crippen molar-refractivity contribution in [1.29, 1.82) is 0 Å². The molecule has 0 bridgehead atoms. The molecule has 1 N–H and O–H groups in total. The lowest BCUT2D eigenvalue weighted by atomic mass is 10.7. The van der Waals surface area contributed by atoms with E-state index in [1.165, 1.54) is 6.92 Å². The summed E-state index contributed by atoms with van der Waals surface area (Å²) in [6, 6.07) is 0. The molecule has 0 saturated heterocycles. The molecule has 0 aliphatic heterocycles. The molecule has 0 spiro atoms. The van der Waals surface area contributed by atoms with Gasteiger partial charge >= 0.3 is 7.60 Å². The van der Waals surface area contributed by atoms with Gasteiger partial charge in [0.05, 0.1) is 24.8 Å². The fraction of sp³-hybridized carbons (Fsp3) is 0.714. The third-order valence-corrected chi connectivity index (χ3v) is 3.39. The van der Waals surface area contributed by atoms with E-state index in [9.17, 15) is 4.57 Å². The van der Waals surface area contributed by atoms with Crippen LogP contribution in [0.4, 0.5) is 0 Å². The number of hydrogen-bond donors (Lipinski definition) is 1. The van der Waals surface area contributed by atoms with Gasteiger partial charge in [-0.05, 0) is 20.8 Å². The van der Waals surface area contributed by atoms with Crippen molar-refractivity contribution in [3.8, 4) is 0 Å². The van der Waals surface area contributed by atoms with Gasteiger partial charge in [-0.2, -0.15) is 0 Å². The Morgan fingerprint density at radius 2 is 1.83 bits per heavy atom. The van der Waals surface area contributed by atoms with Crippen molar-refractivity contribution in [2.45, 2.75) is 20.8 Å². The highest BCUT2D eigenvalue weighted by Crippen LogP contribution is 2.55. The third kappa shape index (κ3) is 2.97. The summed E-state index contributed by atoms with van der Waals surface area (Å²) in [7, 11) is -3.20. The van der Waals surface area contributed by atoms with E-state index in [1.54, 1.807) is 13.8 Å². The summed E-state index contributed by atoms with van der Waals surface area (Å²) in [6.45, 7) is 5.53. The molecule has 0 aromatic heterocycles. The Morgan fingerprint density at radius 1 is 1.42 bits per heavy atom. The summed E-state index contributed by atoms with van der Waals surface area (Å²) in [5.41, 5.74) is 0. The monoisotopic (exact) mass is 194 g/mol. The fourth-order valence-electron chi connectivity index (χ4n) is 0.652. The summed E-state index contributed by atoms with van der Waals surface area (Å²) in [5, 5.41) is 8.86. The molecule has 0 fully saturated rings. The van der Waals surface area contributed by atoms with Crippen LogP contribution in [0, 0.1) is 0 Å². The molecule has 5 heteroatoms. The van der Waals surface area contributed by atoms with Crippen LogP contribution in [0.5, 0.6) is 0 Å². The lowest BCUT2D eigenvalue weighted by molar-refractivity contribution is 0.225. The molecule has 0 unspecified atom stereocenters. The maximum atomic E-state index is 11.7. The second-order valence-corrected chi connectivity index (χ2v) is 4.32. The Kier molecular flexibility index (Phi) is 5.22. The van der Waals surface area contributed by atoms with Gasteiger partial charge in [0.15, 0.2) is 0 Å². The van der Waals surface area contributed by atoms with Crippen LogP contribution >= 0.6 is 7.60 Å². The number of hydrogen-bond acceptors (Lipinski definition) is 4. The van der Waals surface area contributed by atoms with Crippen molar-refractivity contribution < 1.29 is 18.7 Å². The lowest BCUT2D eigenvalue weighted by Gasteiger charge is -2.16. The molecule has 0 aromatic rings. The minimum atomic E-state index is -3.20. The van der Waals surface area contributed by atoms with Crippen LogP contribution in [0.1, 0.15) is 20.8 Å². The molecule has 0 amide bonds. The van der Waals surface area contributed by atoms with E-state index >= 15 is 0 Å². The molecule has 0 rings (SSSR count). The fourth-order valence-corrected chi connectivity index (χ4v) is 1.95. The average Bonchev–Trinajstić information content (AvgIpc) is 2.04. The number of rotatable bonds is 5. The highest BCUT2D eigenvalue weighted by molar-refractivity contribution is 7.58. The van der Waals surface area contributed by atoms with Crippen LogP contribution in [-0.4, -0.2) is 18.3 Å². The summed E-state index contributed by atoms with van der Waals surface area (Å²) in [6.07, 6.45) is 0.756. The minimum absolute atomic E-state index is 0.228. The van der Waals surface area contributed by atoms with E-state index in [-0.39, 0.29) is 5.31 Å². The van der Waals surface area contributed by atoms with E-state index in [0.717, 1.165) is 6.26 Å². The lowest BCUT2D eigenvalue weighted by Crippen LogP contribution is -1.96. The van der Waals surface area contributed by atoms with Gasteiger partial charge in [0, 0.05) is 0 Å². The quantitative estimate of drug-likeness (QED) is 0.540. The normalized spacial score (nSPS) is 13.4. The third-order valence-electron chi connectivity index (χ3n) is 1.22. The first kappa shape index (κ1) is 11.7. The number of aliphatic hydroxyl groups is 1. The van der Waals surface area contributed by atoms with E-state index < -0.39 is 7.60 Å². The van der Waals surface area contributed by atoms with Gasteiger partial charge in [0.2, 0.25) is 0 Å². The largest absolute Gasteiger partial charge is 0.515 e. The highest BCUT2D eigenvalue weighted by Gasteiger charge is 2.26. The maximum Gasteiger partial charge on any atom is 0.360 e. The van der Waals surface area contributed by atoms with Crippen molar-refractivity contribution in [3.63, 3.8) is 0 Å². The molecule has 12 heavy (non-hydrogen) atoms. The first-order valence-corrected chi connectivity index (χ1v) is 5.35. The average molecular weight is 194 g/mol. The van der Waals surface area contributed by atoms with Crippen LogP contribution in [0.15, 0.2) is 11.6 Å². The maximum absolute atomic E-state index is 11.7. The molecule has 0 heterocycles. The van der Waals surface area contributed by atoms with Crippen LogP contribution < -0.4 is 0 Å². The molecule has 0 saturated carbocycles. The Balaban J connectivity index is 4.50. The van der Waals surface area contributed by atoms with Gasteiger partial charge in [-0.3, -0.25) is 4.57 Å². The van der Waals surface area contributed by atoms with E-state index in [1.807, 2.05) is 0 Å². The van der Waals surface area contributed by atoms with Gasteiger partial charge in [0.1, 0.15) is 0 Å². The van der Waals surface area contributed by atoms with E-state index in [2.05, 4.69) is 0 Å². The molecule has 0 atom stereocenters. The van der Waals surface area contributed by atoms with Crippen molar-refractivity contribution in [2.75, 3.05) is 13.2 Å². The molecule has 0 radical (unpaired) electrons. The number of allylic oxidation sites excluding steroid dienone is 1. The Morgan fingerprint density at radius 3 is 2.08 bits per heavy atom. The summed E-state index contributed by atoms with van der Waals surface area (Å²) in [4.78, 5) is 0. The predicted molar refractivity (Wildman–Crippen MR) is 47.2 cm³/mol. The van der Waals surface area contributed by atoms with Crippen LogP contribution in [0.25, 0.3) is 0 Å². The standard InChI is InChI=1S/C7H15O4P/c1-4-10-12(9,11-5-2)7(3)6-8/h6,8H,4-5H2,1-3H3/b7-6+. The van der Waals surface area contributed by atoms with Crippen molar-refractivity contribution in [2.24, 2.45) is 0 Å². The topological polar surface area (TPSA) is 55.8 Å². The van der Waals surface area contributed by atoms with Crippen LogP contribution in [0.2, 0.25) is 0 Å². The Bertz CT molecular complexity index is 190. The molecule has 0 aliphatic rings. The predicted octanol–water partition coefficient (Wildman–Crippen LogP) is 2.67. The molecular weight excluding hydrogens is 179 g/mol. The SMILES string of the molecule is CCOP(=O)(OCC)/C(C)=C/O. The molecule has 72 valence electrons. The van der Waals surface area contributed by atoms with Gasteiger partial charge < -0.3 is 14.2 Å². The van der Waals surface area contributed by atoms with Gasteiger partial charge in [-0.15, -0.1) is 0 Å². The van der Waals surface area contributed by atoms with E-state index in [4.69, 9.17) is 14.2 Å². The summed E-state index contributed by atoms with van der Waals surface area (Å²) in [5.74, 6) is 0. The molecule has 0 aromatic carbocycles. The summed E-state index contributed by atoms with van der Waals surface area (Å²) >= 11 is 0. The van der Waals surface area contributed by atoms with Crippen molar-refractivity contribution in [1.82, 2.24) is 0 Å².